The maximum absolute atomic E-state index is 12.8. The smallest absolute Gasteiger partial charge is 0.339 e. The number of β-amino-alcohol motifs (C(OH)–C–C–N with tert-alkyl or cyclic N) is 1. The van der Waals surface area contributed by atoms with E-state index in [0.29, 0.717) is 17.1 Å². The number of hydrogen-bond donors (Lipinski definition) is 1. The zero-order valence-corrected chi connectivity index (χ0v) is 19.7. The van der Waals surface area contributed by atoms with Gasteiger partial charge < -0.3 is 14.3 Å². The third-order valence-corrected chi connectivity index (χ3v) is 5.41. The summed E-state index contributed by atoms with van der Waals surface area (Å²) >= 11 is 6.18. The SMILES string of the molecule is CC1=C(C#N)C(=O)N(CCO)C(=O)/C1=C/c1ccc(-c2ccc(Cl)c(C(=O)OCC(C)C)c2)o1. The quantitative estimate of drug-likeness (QED) is 0.359. The van der Waals surface area contributed by atoms with Gasteiger partial charge in [-0.05, 0) is 54.8 Å². The average molecular weight is 483 g/mol. The van der Waals surface area contributed by atoms with Crippen LogP contribution in [0.15, 0.2) is 51.5 Å². The highest BCUT2D eigenvalue weighted by molar-refractivity contribution is 6.33. The fourth-order valence-corrected chi connectivity index (χ4v) is 3.51. The summed E-state index contributed by atoms with van der Waals surface area (Å²) in [7, 11) is 0. The summed E-state index contributed by atoms with van der Waals surface area (Å²) in [6, 6.07) is 9.92. The van der Waals surface area contributed by atoms with Crippen LogP contribution >= 0.6 is 11.6 Å². The van der Waals surface area contributed by atoms with Gasteiger partial charge in [-0.3, -0.25) is 14.5 Å². The Balaban J connectivity index is 1.95. The molecule has 2 amide bonds. The first-order chi connectivity index (χ1) is 16.2. The monoisotopic (exact) mass is 482 g/mol. The van der Waals surface area contributed by atoms with Gasteiger partial charge in [0, 0.05) is 11.1 Å². The van der Waals surface area contributed by atoms with Crippen molar-refractivity contribution in [2.24, 2.45) is 5.92 Å². The number of nitriles is 1. The van der Waals surface area contributed by atoms with Crippen LogP contribution in [0.1, 0.15) is 36.9 Å². The number of halogens is 1. The minimum Gasteiger partial charge on any atom is -0.462 e. The molecule has 1 N–H and O–H groups in total. The summed E-state index contributed by atoms with van der Waals surface area (Å²) in [5.41, 5.74) is 0.941. The lowest BCUT2D eigenvalue weighted by molar-refractivity contribution is -0.141. The van der Waals surface area contributed by atoms with Crippen LogP contribution in [0.4, 0.5) is 0 Å². The molecule has 9 heteroatoms. The summed E-state index contributed by atoms with van der Waals surface area (Å²) in [5, 5.41) is 18.8. The predicted molar refractivity (Wildman–Crippen MR) is 124 cm³/mol. The Labute approximate surface area is 201 Å². The molecule has 3 rings (SSSR count). The van der Waals surface area contributed by atoms with Gasteiger partial charge in [0.15, 0.2) is 0 Å². The second kappa shape index (κ2) is 10.5. The van der Waals surface area contributed by atoms with E-state index in [1.54, 1.807) is 30.3 Å². The van der Waals surface area contributed by atoms with Gasteiger partial charge in [-0.25, -0.2) is 4.79 Å². The molecule has 0 aliphatic carbocycles. The molecule has 0 saturated carbocycles. The third kappa shape index (κ3) is 5.11. The molecule has 0 atom stereocenters. The van der Waals surface area contributed by atoms with Gasteiger partial charge in [0.25, 0.3) is 11.8 Å². The van der Waals surface area contributed by atoms with E-state index < -0.39 is 24.4 Å². The maximum atomic E-state index is 12.8. The molecule has 0 saturated heterocycles. The Morgan fingerprint density at radius 1 is 1.26 bits per heavy atom. The number of imide groups is 1. The highest BCUT2D eigenvalue weighted by atomic mass is 35.5. The molecule has 1 aliphatic rings. The normalized spacial score (nSPS) is 15.3. The number of hydrogen-bond acceptors (Lipinski definition) is 7. The largest absolute Gasteiger partial charge is 0.462 e. The number of benzene rings is 1. The number of amides is 2. The molecule has 1 aromatic heterocycles. The van der Waals surface area contributed by atoms with Crippen LogP contribution in [0.3, 0.4) is 0 Å². The van der Waals surface area contributed by atoms with Crippen molar-refractivity contribution in [3.05, 3.63) is 63.4 Å². The first-order valence-electron chi connectivity index (χ1n) is 10.5. The van der Waals surface area contributed by atoms with Crippen molar-refractivity contribution < 1.29 is 28.6 Å². The summed E-state index contributed by atoms with van der Waals surface area (Å²) in [6.07, 6.45) is 1.43. The number of aliphatic hydroxyl groups is 1. The minimum atomic E-state index is -0.741. The number of rotatable bonds is 7. The number of nitrogens with zero attached hydrogens (tertiary/aromatic N) is 2. The second-order valence-electron chi connectivity index (χ2n) is 8.04. The highest BCUT2D eigenvalue weighted by Gasteiger charge is 2.35. The Morgan fingerprint density at radius 2 is 2.00 bits per heavy atom. The molecule has 2 aromatic rings. The zero-order chi connectivity index (χ0) is 25.0. The first kappa shape index (κ1) is 25.0. The van der Waals surface area contributed by atoms with Crippen molar-refractivity contribution in [3.63, 3.8) is 0 Å². The van der Waals surface area contributed by atoms with Crippen molar-refractivity contribution >= 4 is 35.5 Å². The molecule has 2 heterocycles. The summed E-state index contributed by atoms with van der Waals surface area (Å²) in [4.78, 5) is 38.4. The molecule has 34 heavy (non-hydrogen) atoms. The Hall–Kier alpha value is -3.67. The first-order valence-corrected chi connectivity index (χ1v) is 10.9. The fourth-order valence-electron chi connectivity index (χ4n) is 3.32. The Morgan fingerprint density at radius 3 is 2.65 bits per heavy atom. The van der Waals surface area contributed by atoms with Gasteiger partial charge in [-0.15, -0.1) is 0 Å². The number of carbonyl (C=O) groups excluding carboxylic acids is 3. The topological polar surface area (TPSA) is 121 Å². The summed E-state index contributed by atoms with van der Waals surface area (Å²) in [6.45, 7) is 4.98. The molecule has 1 aromatic carbocycles. The van der Waals surface area contributed by atoms with E-state index >= 15 is 0 Å². The maximum Gasteiger partial charge on any atom is 0.339 e. The average Bonchev–Trinajstić information content (AvgIpc) is 3.27. The van der Waals surface area contributed by atoms with E-state index in [-0.39, 0.29) is 46.4 Å². The third-order valence-electron chi connectivity index (χ3n) is 5.08. The van der Waals surface area contributed by atoms with E-state index in [1.165, 1.54) is 13.0 Å². The number of esters is 1. The minimum absolute atomic E-state index is 0.111. The van der Waals surface area contributed by atoms with Crippen LogP contribution < -0.4 is 0 Å². The van der Waals surface area contributed by atoms with Gasteiger partial charge >= 0.3 is 5.97 Å². The number of furan rings is 1. The number of aliphatic hydroxyl groups excluding tert-OH is 1. The zero-order valence-electron chi connectivity index (χ0n) is 18.9. The summed E-state index contributed by atoms with van der Waals surface area (Å²) in [5.74, 6) is -1.02. The van der Waals surface area contributed by atoms with E-state index in [4.69, 9.17) is 20.8 Å². The van der Waals surface area contributed by atoms with Crippen molar-refractivity contribution in [2.75, 3.05) is 19.8 Å². The lowest BCUT2D eigenvalue weighted by Crippen LogP contribution is -2.44. The standard InChI is InChI=1S/C25H23ClN2O6/c1-14(2)13-33-25(32)19-10-16(4-6-21(19)26)22-7-5-17(34-22)11-18-15(3)20(12-27)24(31)28(8-9-29)23(18)30/h4-7,10-11,14,29H,8-9,13H2,1-3H3/b18-11+. The van der Waals surface area contributed by atoms with E-state index in [1.807, 2.05) is 19.9 Å². The van der Waals surface area contributed by atoms with Gasteiger partial charge in [0.1, 0.15) is 23.2 Å². The molecule has 0 unspecified atom stereocenters. The van der Waals surface area contributed by atoms with Crippen LogP contribution in [0, 0.1) is 17.2 Å². The second-order valence-corrected chi connectivity index (χ2v) is 8.45. The molecule has 176 valence electrons. The molecule has 0 fully saturated rings. The lowest BCUT2D eigenvalue weighted by atomic mass is 9.95. The molecule has 0 bridgehead atoms. The van der Waals surface area contributed by atoms with Crippen LogP contribution in [0.25, 0.3) is 17.4 Å². The Bertz CT molecular complexity index is 1250. The van der Waals surface area contributed by atoms with Crippen LogP contribution in [-0.4, -0.2) is 47.5 Å². The molecule has 1 aliphatic heterocycles. The summed E-state index contributed by atoms with van der Waals surface area (Å²) < 4.78 is 11.1. The molecule has 0 radical (unpaired) electrons. The molecular weight excluding hydrogens is 460 g/mol. The Kier molecular flexibility index (Phi) is 7.72. The van der Waals surface area contributed by atoms with Crippen LogP contribution in [-0.2, 0) is 14.3 Å². The van der Waals surface area contributed by atoms with Gasteiger partial charge in [-0.1, -0.05) is 25.4 Å². The van der Waals surface area contributed by atoms with Crippen molar-refractivity contribution in [1.82, 2.24) is 4.90 Å². The van der Waals surface area contributed by atoms with Crippen LogP contribution in [0.5, 0.6) is 0 Å². The number of carbonyl (C=O) groups is 3. The molecule has 8 nitrogen and oxygen atoms in total. The van der Waals surface area contributed by atoms with Crippen molar-refractivity contribution in [3.8, 4) is 17.4 Å². The van der Waals surface area contributed by atoms with Crippen molar-refractivity contribution in [1.29, 1.82) is 5.26 Å². The van der Waals surface area contributed by atoms with E-state index in [2.05, 4.69) is 0 Å². The lowest BCUT2D eigenvalue weighted by Gasteiger charge is -2.26. The highest BCUT2D eigenvalue weighted by Crippen LogP contribution is 2.31. The molecular formula is C25H23ClN2O6. The van der Waals surface area contributed by atoms with Crippen LogP contribution in [0.2, 0.25) is 5.02 Å². The van der Waals surface area contributed by atoms with E-state index in [9.17, 15) is 24.8 Å². The van der Waals surface area contributed by atoms with Gasteiger partial charge in [0.2, 0.25) is 0 Å². The fraction of sp³-hybridized carbons (Fsp3) is 0.280. The number of ether oxygens (including phenoxy) is 1. The molecule has 0 spiro atoms. The van der Waals surface area contributed by atoms with Gasteiger partial charge in [0.05, 0.1) is 30.3 Å². The van der Waals surface area contributed by atoms with Crippen molar-refractivity contribution in [2.45, 2.75) is 20.8 Å². The predicted octanol–water partition coefficient (Wildman–Crippen LogP) is 4.00. The van der Waals surface area contributed by atoms with E-state index in [0.717, 1.165) is 4.90 Å². The van der Waals surface area contributed by atoms with Gasteiger partial charge in [-0.2, -0.15) is 5.26 Å².